The lowest BCUT2D eigenvalue weighted by molar-refractivity contribution is -0.124. The van der Waals surface area contributed by atoms with Gasteiger partial charge in [0.15, 0.2) is 0 Å². The van der Waals surface area contributed by atoms with Crippen LogP contribution in [0, 0.1) is 5.92 Å². The van der Waals surface area contributed by atoms with Crippen molar-refractivity contribution in [1.29, 1.82) is 0 Å². The van der Waals surface area contributed by atoms with Crippen molar-refractivity contribution in [2.24, 2.45) is 11.7 Å². The Kier molecular flexibility index (Phi) is 7.39. The normalized spacial score (nSPS) is 16.9. The van der Waals surface area contributed by atoms with Gasteiger partial charge >= 0.3 is 0 Å². The van der Waals surface area contributed by atoms with Crippen LogP contribution in [0.4, 0.5) is 0 Å². The molecule has 0 radical (unpaired) electrons. The molecular weight excluding hydrogens is 188 g/mol. The topological polar surface area (TPSA) is 55.1 Å². The van der Waals surface area contributed by atoms with Gasteiger partial charge in [0, 0.05) is 6.04 Å². The zero-order valence-corrected chi connectivity index (χ0v) is 10.5. The van der Waals surface area contributed by atoms with Crippen molar-refractivity contribution in [3.05, 3.63) is 0 Å². The van der Waals surface area contributed by atoms with Crippen molar-refractivity contribution >= 4 is 5.91 Å². The molecule has 0 aromatic rings. The predicted octanol–water partition coefficient (Wildman–Crippen LogP) is 2.05. The number of rotatable bonds is 7. The molecule has 0 aliphatic carbocycles. The van der Waals surface area contributed by atoms with E-state index in [0.717, 1.165) is 25.7 Å². The number of hydrogen-bond donors (Lipinski definition) is 2. The Morgan fingerprint density at radius 3 is 2.40 bits per heavy atom. The predicted molar refractivity (Wildman–Crippen MR) is 64.6 cm³/mol. The maximum Gasteiger partial charge on any atom is 0.237 e. The fourth-order valence-corrected chi connectivity index (χ4v) is 1.43. The van der Waals surface area contributed by atoms with Crippen LogP contribution in [0.25, 0.3) is 0 Å². The quantitative estimate of drug-likeness (QED) is 0.681. The molecule has 0 bridgehead atoms. The molecular formula is C12H26N2O. The molecule has 0 rings (SSSR count). The molecule has 0 aromatic carbocycles. The molecule has 3 heteroatoms. The summed E-state index contributed by atoms with van der Waals surface area (Å²) in [6.45, 7) is 8.26. The van der Waals surface area contributed by atoms with Crippen LogP contribution in [0.3, 0.4) is 0 Å². The van der Waals surface area contributed by atoms with E-state index in [1.54, 1.807) is 0 Å². The molecule has 0 saturated carbocycles. The molecule has 0 fully saturated rings. The first kappa shape index (κ1) is 14.4. The Labute approximate surface area is 93.8 Å². The van der Waals surface area contributed by atoms with E-state index in [1.165, 1.54) is 0 Å². The highest BCUT2D eigenvalue weighted by atomic mass is 16.2. The molecule has 3 atom stereocenters. The number of hydrogen-bond acceptors (Lipinski definition) is 2. The summed E-state index contributed by atoms with van der Waals surface area (Å²) in [4.78, 5) is 11.7. The summed E-state index contributed by atoms with van der Waals surface area (Å²) < 4.78 is 0. The van der Waals surface area contributed by atoms with Gasteiger partial charge in [-0.15, -0.1) is 0 Å². The lowest BCUT2D eigenvalue weighted by Crippen LogP contribution is -2.47. The summed E-state index contributed by atoms with van der Waals surface area (Å²) in [5.74, 6) is 0.247. The first-order chi connectivity index (χ1) is 7.02. The number of nitrogens with two attached hydrogens (primary N) is 1. The second-order valence-corrected chi connectivity index (χ2v) is 4.46. The van der Waals surface area contributed by atoms with Gasteiger partial charge in [-0.1, -0.05) is 40.0 Å². The molecule has 0 aliphatic heterocycles. The number of unbranched alkanes of at least 4 members (excludes halogenated alkanes) is 1. The average molecular weight is 214 g/mol. The molecule has 3 nitrogen and oxygen atoms in total. The minimum Gasteiger partial charge on any atom is -0.352 e. The van der Waals surface area contributed by atoms with Gasteiger partial charge in [0.25, 0.3) is 0 Å². The van der Waals surface area contributed by atoms with E-state index in [4.69, 9.17) is 5.73 Å². The Hall–Kier alpha value is -0.570. The lowest BCUT2D eigenvalue weighted by atomic mass is 9.99. The number of carbonyl (C=O) groups is 1. The smallest absolute Gasteiger partial charge is 0.237 e. The lowest BCUT2D eigenvalue weighted by Gasteiger charge is -2.21. The first-order valence-electron chi connectivity index (χ1n) is 6.08. The maximum atomic E-state index is 11.7. The molecule has 0 heterocycles. The third kappa shape index (κ3) is 5.78. The van der Waals surface area contributed by atoms with Crippen molar-refractivity contribution in [1.82, 2.24) is 5.32 Å². The van der Waals surface area contributed by atoms with Crippen LogP contribution >= 0.6 is 0 Å². The van der Waals surface area contributed by atoms with Crippen LogP contribution < -0.4 is 11.1 Å². The number of nitrogens with one attached hydrogen (secondary N) is 1. The Morgan fingerprint density at radius 2 is 1.93 bits per heavy atom. The molecule has 15 heavy (non-hydrogen) atoms. The third-order valence-corrected chi connectivity index (χ3v) is 2.94. The van der Waals surface area contributed by atoms with Crippen LogP contribution in [0.2, 0.25) is 0 Å². The highest BCUT2D eigenvalue weighted by Gasteiger charge is 2.20. The van der Waals surface area contributed by atoms with Gasteiger partial charge in [-0.3, -0.25) is 4.79 Å². The van der Waals surface area contributed by atoms with Crippen molar-refractivity contribution in [3.63, 3.8) is 0 Å². The number of amides is 1. The minimum absolute atomic E-state index is 0.00652. The highest BCUT2D eigenvalue weighted by Crippen LogP contribution is 2.06. The van der Waals surface area contributed by atoms with Crippen molar-refractivity contribution in [2.75, 3.05) is 0 Å². The van der Waals surface area contributed by atoms with Crippen molar-refractivity contribution in [3.8, 4) is 0 Å². The molecule has 1 unspecified atom stereocenters. The van der Waals surface area contributed by atoms with Crippen LogP contribution in [0.15, 0.2) is 0 Å². The molecule has 1 amide bonds. The Balaban J connectivity index is 3.90. The summed E-state index contributed by atoms with van der Waals surface area (Å²) in [5, 5.41) is 2.97. The van der Waals surface area contributed by atoms with E-state index in [2.05, 4.69) is 19.2 Å². The van der Waals surface area contributed by atoms with Gasteiger partial charge in [-0.25, -0.2) is 0 Å². The zero-order valence-electron chi connectivity index (χ0n) is 10.5. The summed E-state index contributed by atoms with van der Waals surface area (Å²) >= 11 is 0. The molecule has 0 aliphatic rings. The minimum atomic E-state index is -0.362. The van der Waals surface area contributed by atoms with E-state index in [0.29, 0.717) is 0 Å². The summed E-state index contributed by atoms with van der Waals surface area (Å²) in [6, 6.07) is -0.119. The van der Waals surface area contributed by atoms with E-state index >= 15 is 0 Å². The fraction of sp³-hybridized carbons (Fsp3) is 0.917. The maximum absolute atomic E-state index is 11.7. The van der Waals surface area contributed by atoms with Gasteiger partial charge in [0.05, 0.1) is 6.04 Å². The first-order valence-corrected chi connectivity index (χ1v) is 6.08. The molecule has 0 spiro atoms. The van der Waals surface area contributed by atoms with Crippen LogP contribution in [-0.2, 0) is 4.79 Å². The standard InChI is InChI=1S/C12H26N2O/c1-5-7-8-10(4)14-12(15)11(13)9(3)6-2/h9-11H,5-8,13H2,1-4H3,(H,14,15)/t9-,10?,11-/m0/s1. The SMILES string of the molecule is CCCCC(C)NC(=O)[C@@H](N)[C@@H](C)CC. The van der Waals surface area contributed by atoms with Gasteiger partial charge in [-0.05, 0) is 19.3 Å². The molecule has 0 saturated heterocycles. The highest BCUT2D eigenvalue weighted by molar-refractivity contribution is 5.81. The van der Waals surface area contributed by atoms with Crippen LogP contribution in [-0.4, -0.2) is 18.0 Å². The third-order valence-electron chi connectivity index (χ3n) is 2.94. The summed E-state index contributed by atoms with van der Waals surface area (Å²) in [7, 11) is 0. The van der Waals surface area contributed by atoms with E-state index in [1.807, 2.05) is 13.8 Å². The molecule has 0 aromatic heterocycles. The fourth-order valence-electron chi connectivity index (χ4n) is 1.43. The van der Waals surface area contributed by atoms with E-state index in [9.17, 15) is 4.79 Å². The van der Waals surface area contributed by atoms with Crippen LogP contribution in [0.5, 0.6) is 0 Å². The van der Waals surface area contributed by atoms with E-state index in [-0.39, 0.29) is 23.9 Å². The van der Waals surface area contributed by atoms with Gasteiger partial charge in [-0.2, -0.15) is 0 Å². The van der Waals surface area contributed by atoms with Gasteiger partial charge in [0.1, 0.15) is 0 Å². The van der Waals surface area contributed by atoms with Gasteiger partial charge in [0.2, 0.25) is 5.91 Å². The van der Waals surface area contributed by atoms with Crippen LogP contribution in [0.1, 0.15) is 53.4 Å². The van der Waals surface area contributed by atoms with Gasteiger partial charge < -0.3 is 11.1 Å². The van der Waals surface area contributed by atoms with E-state index < -0.39 is 0 Å². The van der Waals surface area contributed by atoms with Crippen molar-refractivity contribution < 1.29 is 4.79 Å². The second-order valence-electron chi connectivity index (χ2n) is 4.46. The largest absolute Gasteiger partial charge is 0.352 e. The average Bonchev–Trinajstić information content (AvgIpc) is 2.23. The van der Waals surface area contributed by atoms with Crippen molar-refractivity contribution in [2.45, 2.75) is 65.5 Å². The molecule has 90 valence electrons. The summed E-state index contributed by atoms with van der Waals surface area (Å²) in [5.41, 5.74) is 5.84. The Morgan fingerprint density at radius 1 is 1.33 bits per heavy atom. The second kappa shape index (κ2) is 7.69. The molecule has 3 N–H and O–H groups in total. The zero-order chi connectivity index (χ0) is 11.8. The Bertz CT molecular complexity index is 182. The number of carbonyl (C=O) groups excluding carboxylic acids is 1. The summed E-state index contributed by atoms with van der Waals surface area (Å²) in [6.07, 6.45) is 4.30. The monoisotopic (exact) mass is 214 g/mol.